The van der Waals surface area contributed by atoms with E-state index in [0.717, 1.165) is 50.5 Å². The van der Waals surface area contributed by atoms with Crippen molar-refractivity contribution >= 4 is 11.9 Å². The van der Waals surface area contributed by atoms with Gasteiger partial charge in [0.1, 0.15) is 12.7 Å². The Hall–Kier alpha value is -2.36. The zero-order valence-corrected chi connectivity index (χ0v) is 26.8. The second-order valence-corrected chi connectivity index (χ2v) is 15.8. The topological polar surface area (TPSA) is 52.6 Å². The molecule has 0 amide bonds. The number of hydrogen-bond donors (Lipinski definition) is 0. The molecule has 0 aromatic heterocycles. The normalized spacial score (nSPS) is 41.7. The number of carbonyl (C=O) groups is 2. The van der Waals surface area contributed by atoms with Gasteiger partial charge in [-0.15, -0.1) is 0 Å². The van der Waals surface area contributed by atoms with Gasteiger partial charge < -0.3 is 9.47 Å². The van der Waals surface area contributed by atoms with Gasteiger partial charge in [0.25, 0.3) is 0 Å². The van der Waals surface area contributed by atoms with E-state index in [0.29, 0.717) is 30.3 Å². The van der Waals surface area contributed by atoms with Gasteiger partial charge in [-0.3, -0.25) is 9.59 Å². The van der Waals surface area contributed by atoms with Crippen LogP contribution in [0, 0.1) is 51.2 Å². The first-order valence-corrected chi connectivity index (χ1v) is 16.6. The molecule has 0 unspecified atom stereocenters. The van der Waals surface area contributed by atoms with E-state index >= 15 is 0 Å². The Kier molecular flexibility index (Phi) is 7.34. The Morgan fingerprint density at radius 1 is 0.905 bits per heavy atom. The van der Waals surface area contributed by atoms with Crippen LogP contribution in [0.5, 0.6) is 0 Å². The van der Waals surface area contributed by atoms with Gasteiger partial charge in [0.2, 0.25) is 0 Å². The maximum atomic E-state index is 14.1. The Labute approximate surface area is 253 Å². The summed E-state index contributed by atoms with van der Waals surface area (Å²) < 4.78 is 12.0. The van der Waals surface area contributed by atoms with Crippen LogP contribution in [0.4, 0.5) is 0 Å². The van der Waals surface area contributed by atoms with E-state index in [1.165, 1.54) is 18.4 Å². The van der Waals surface area contributed by atoms with Crippen LogP contribution < -0.4 is 0 Å². The molecular weight excluding hydrogens is 520 g/mol. The third kappa shape index (κ3) is 4.36. The molecule has 4 fully saturated rings. The lowest BCUT2D eigenvalue weighted by Crippen LogP contribution is -2.61. The van der Waals surface area contributed by atoms with Crippen LogP contribution in [0.3, 0.4) is 0 Å². The van der Waals surface area contributed by atoms with E-state index in [4.69, 9.17) is 9.47 Å². The van der Waals surface area contributed by atoms with E-state index in [-0.39, 0.29) is 40.2 Å². The van der Waals surface area contributed by atoms with Crippen molar-refractivity contribution in [2.45, 2.75) is 112 Å². The molecule has 1 aromatic rings. The molecule has 4 nitrogen and oxygen atoms in total. The number of hydrogen-bond acceptors (Lipinski definition) is 4. The number of benzene rings is 1. The predicted octanol–water partition coefficient (Wildman–Crippen LogP) is 8.85. The average molecular weight is 573 g/mol. The Bertz CT molecular complexity index is 1280. The number of carbonyl (C=O) groups excluding carboxylic acids is 2. The van der Waals surface area contributed by atoms with Gasteiger partial charge in [-0.05, 0) is 111 Å². The fraction of sp³-hybridized carbons (Fsp3) is 0.684. The molecule has 0 spiro atoms. The average Bonchev–Trinajstić information content (AvgIpc) is 3.35. The molecule has 6 rings (SSSR count). The highest BCUT2D eigenvalue weighted by molar-refractivity contribution is 5.79. The molecule has 0 N–H and O–H groups in total. The maximum absolute atomic E-state index is 14.1. The molecule has 4 saturated carbocycles. The SMILES string of the molecule is C=C(C)[C@@H]1CC[C@]2(C(=O)OCc3ccccc3)CC=C3[C@H](CC[C@@H]4[C@@]5(C)CC[C@H](OC(C)=O)C(C)(C)[C@@H]5CC[C@@]34C)[C@@H]12. The summed E-state index contributed by atoms with van der Waals surface area (Å²) in [5.41, 5.74) is 3.79. The van der Waals surface area contributed by atoms with Crippen molar-refractivity contribution in [2.24, 2.45) is 51.2 Å². The molecular formula is C38H52O4. The van der Waals surface area contributed by atoms with E-state index < -0.39 is 5.41 Å². The first kappa shape index (κ1) is 29.7. The zero-order chi connectivity index (χ0) is 30.1. The molecule has 1 aromatic carbocycles. The first-order chi connectivity index (χ1) is 19.8. The molecule has 5 aliphatic carbocycles. The van der Waals surface area contributed by atoms with Crippen LogP contribution >= 0.6 is 0 Å². The van der Waals surface area contributed by atoms with Gasteiger partial charge in [0, 0.05) is 12.3 Å². The highest BCUT2D eigenvalue weighted by Crippen LogP contribution is 2.72. The van der Waals surface area contributed by atoms with Gasteiger partial charge >= 0.3 is 11.9 Å². The summed E-state index contributed by atoms with van der Waals surface area (Å²) in [6, 6.07) is 10.1. The lowest BCUT2D eigenvalue weighted by Gasteiger charge is -2.67. The van der Waals surface area contributed by atoms with Crippen molar-refractivity contribution in [2.75, 3.05) is 0 Å². The van der Waals surface area contributed by atoms with Crippen LogP contribution in [0.1, 0.15) is 105 Å². The summed E-state index contributed by atoms with van der Waals surface area (Å²) in [6.45, 7) is 18.3. The summed E-state index contributed by atoms with van der Waals surface area (Å²) in [4.78, 5) is 26.0. The molecule has 228 valence electrons. The van der Waals surface area contributed by atoms with E-state index in [9.17, 15) is 9.59 Å². The number of fused-ring (bicyclic) bond motifs is 7. The largest absolute Gasteiger partial charge is 0.462 e. The van der Waals surface area contributed by atoms with Crippen molar-refractivity contribution in [1.29, 1.82) is 0 Å². The second kappa shape index (κ2) is 10.4. The molecule has 0 aliphatic heterocycles. The molecule has 0 saturated heterocycles. The van der Waals surface area contributed by atoms with E-state index in [1.807, 2.05) is 30.3 Å². The third-order valence-corrected chi connectivity index (χ3v) is 13.5. The number of ether oxygens (including phenoxy) is 2. The Morgan fingerprint density at radius 2 is 1.64 bits per heavy atom. The third-order valence-electron chi connectivity index (χ3n) is 13.5. The van der Waals surface area contributed by atoms with Crippen LogP contribution in [-0.2, 0) is 25.7 Å². The highest BCUT2D eigenvalue weighted by Gasteiger charge is 2.67. The minimum absolute atomic E-state index is 0.00000491. The lowest BCUT2D eigenvalue weighted by molar-refractivity contribution is -0.194. The summed E-state index contributed by atoms with van der Waals surface area (Å²) in [7, 11) is 0. The Balaban J connectivity index is 1.31. The van der Waals surface area contributed by atoms with Gasteiger partial charge in [-0.1, -0.05) is 81.8 Å². The van der Waals surface area contributed by atoms with Crippen molar-refractivity contribution in [1.82, 2.24) is 0 Å². The van der Waals surface area contributed by atoms with Crippen molar-refractivity contribution < 1.29 is 19.1 Å². The lowest BCUT2D eigenvalue weighted by atomic mass is 9.38. The van der Waals surface area contributed by atoms with Gasteiger partial charge in [0.05, 0.1) is 5.41 Å². The molecule has 5 aliphatic rings. The number of esters is 2. The zero-order valence-electron chi connectivity index (χ0n) is 26.8. The Morgan fingerprint density at radius 3 is 2.33 bits per heavy atom. The van der Waals surface area contributed by atoms with Crippen molar-refractivity contribution in [3.05, 3.63) is 59.7 Å². The first-order valence-electron chi connectivity index (χ1n) is 16.6. The molecule has 42 heavy (non-hydrogen) atoms. The van der Waals surface area contributed by atoms with Crippen LogP contribution in [0.15, 0.2) is 54.1 Å². The molecule has 9 atom stereocenters. The van der Waals surface area contributed by atoms with Crippen LogP contribution in [0.2, 0.25) is 0 Å². The summed E-state index contributed by atoms with van der Waals surface area (Å²) in [6.07, 6.45) is 12.0. The fourth-order valence-corrected chi connectivity index (χ4v) is 11.7. The number of rotatable bonds is 5. The van der Waals surface area contributed by atoms with Gasteiger partial charge in [-0.2, -0.15) is 0 Å². The molecule has 0 bridgehead atoms. The predicted molar refractivity (Wildman–Crippen MR) is 166 cm³/mol. The molecule has 0 radical (unpaired) electrons. The molecule has 4 heteroatoms. The van der Waals surface area contributed by atoms with E-state index in [2.05, 4.69) is 47.3 Å². The molecule has 0 heterocycles. The van der Waals surface area contributed by atoms with Gasteiger partial charge in [-0.25, -0.2) is 0 Å². The summed E-state index contributed by atoms with van der Waals surface area (Å²) in [5.74, 6) is 2.04. The number of allylic oxidation sites excluding steroid dienone is 3. The van der Waals surface area contributed by atoms with Crippen molar-refractivity contribution in [3.8, 4) is 0 Å². The van der Waals surface area contributed by atoms with Gasteiger partial charge in [0.15, 0.2) is 0 Å². The highest BCUT2D eigenvalue weighted by atomic mass is 16.5. The standard InChI is InChI=1S/C38H52O4/c1-24(2)27-15-21-38(34(40)41-23-26-11-9-8-10-12-26)22-16-29-28(33(27)38)13-14-31-36(29,6)19-17-30-35(4,5)32(42-25(3)39)18-20-37(30,31)7/h8-12,16,27-28,30-33H,1,13-15,17-23H2,2-7H3/t27-,28-,30-,31-,32-,33+,36-,37-,38-/m0/s1. The maximum Gasteiger partial charge on any atom is 0.313 e. The van der Waals surface area contributed by atoms with Crippen LogP contribution in [0.25, 0.3) is 0 Å². The minimum atomic E-state index is -0.444. The smallest absolute Gasteiger partial charge is 0.313 e. The monoisotopic (exact) mass is 572 g/mol. The summed E-state index contributed by atoms with van der Waals surface area (Å²) in [5, 5.41) is 0. The van der Waals surface area contributed by atoms with Crippen LogP contribution in [-0.4, -0.2) is 18.0 Å². The minimum Gasteiger partial charge on any atom is -0.462 e. The second-order valence-electron chi connectivity index (χ2n) is 15.8. The van der Waals surface area contributed by atoms with Crippen molar-refractivity contribution in [3.63, 3.8) is 0 Å². The van der Waals surface area contributed by atoms with E-state index in [1.54, 1.807) is 12.5 Å². The fourth-order valence-electron chi connectivity index (χ4n) is 11.7. The quantitative estimate of drug-likeness (QED) is 0.261. The summed E-state index contributed by atoms with van der Waals surface area (Å²) >= 11 is 0.